The molecule has 0 saturated carbocycles. The summed E-state index contributed by atoms with van der Waals surface area (Å²) in [5, 5.41) is 16.1. The van der Waals surface area contributed by atoms with Gasteiger partial charge in [-0.3, -0.25) is 14.9 Å². The number of anilines is 1. The summed E-state index contributed by atoms with van der Waals surface area (Å²) in [6, 6.07) is 5.95. The van der Waals surface area contributed by atoms with Gasteiger partial charge in [-0.2, -0.15) is 0 Å². The van der Waals surface area contributed by atoms with Crippen LogP contribution in [0, 0.1) is 10.1 Å². The zero-order chi connectivity index (χ0) is 17.2. The Hall–Kier alpha value is -2.90. The number of esters is 1. The number of nitrogens with zero attached hydrogens (tertiary/aromatic N) is 1. The topological polar surface area (TPSA) is 111 Å². The normalized spacial score (nSPS) is 9.65. The Balaban J connectivity index is 2.21. The Bertz CT molecular complexity index is 592. The van der Waals surface area contributed by atoms with Crippen molar-refractivity contribution in [3.63, 3.8) is 0 Å². The number of non-ortho nitro benzene ring substituents is 1. The quantitative estimate of drug-likeness (QED) is 0.247. The van der Waals surface area contributed by atoms with Gasteiger partial charge < -0.3 is 15.4 Å². The first kappa shape index (κ1) is 18.1. The van der Waals surface area contributed by atoms with E-state index in [1.54, 1.807) is 26.0 Å². The van der Waals surface area contributed by atoms with Gasteiger partial charge in [0.1, 0.15) is 0 Å². The Morgan fingerprint density at radius 1 is 1.22 bits per heavy atom. The van der Waals surface area contributed by atoms with E-state index in [4.69, 9.17) is 4.74 Å². The van der Waals surface area contributed by atoms with Crippen LogP contribution in [0.25, 0.3) is 0 Å². The lowest BCUT2D eigenvalue weighted by Gasteiger charge is -2.08. The van der Waals surface area contributed by atoms with Crippen molar-refractivity contribution in [1.29, 1.82) is 0 Å². The van der Waals surface area contributed by atoms with E-state index in [1.165, 1.54) is 18.2 Å². The van der Waals surface area contributed by atoms with Crippen LogP contribution >= 0.6 is 0 Å². The zero-order valence-electron chi connectivity index (χ0n) is 13.0. The molecule has 0 aliphatic rings. The summed E-state index contributed by atoms with van der Waals surface area (Å²) in [4.78, 5) is 32.7. The number of allylic oxidation sites excluding steroid dienone is 1. The van der Waals surface area contributed by atoms with Crippen LogP contribution < -0.4 is 10.6 Å². The highest BCUT2D eigenvalue weighted by atomic mass is 16.6. The summed E-state index contributed by atoms with van der Waals surface area (Å²) >= 11 is 0. The molecule has 0 bridgehead atoms. The van der Waals surface area contributed by atoms with Crippen molar-refractivity contribution in [2.45, 2.75) is 13.8 Å². The Morgan fingerprint density at radius 2 is 1.87 bits per heavy atom. The molecule has 0 radical (unpaired) electrons. The van der Waals surface area contributed by atoms with Gasteiger partial charge in [0.2, 0.25) is 0 Å². The molecular weight excluding hydrogens is 302 g/mol. The molecule has 8 nitrogen and oxygen atoms in total. The lowest BCUT2D eigenvalue weighted by atomic mass is 10.3. The minimum Gasteiger partial charge on any atom is -0.452 e. The summed E-state index contributed by atoms with van der Waals surface area (Å²) in [5.74, 6) is -0.949. The van der Waals surface area contributed by atoms with Gasteiger partial charge in [0, 0.05) is 37.0 Å². The second-order valence-corrected chi connectivity index (χ2v) is 4.91. The number of amides is 1. The number of nitro benzene ring substituents is 1. The molecule has 0 spiro atoms. The molecule has 1 amide bonds. The summed E-state index contributed by atoms with van der Waals surface area (Å²) in [6.45, 7) is 3.94. The number of ether oxygens (including phenoxy) is 1. The molecule has 0 aromatic heterocycles. The summed E-state index contributed by atoms with van der Waals surface area (Å²) < 4.78 is 4.75. The molecule has 1 aromatic rings. The summed E-state index contributed by atoms with van der Waals surface area (Å²) in [5.41, 5.74) is 1.52. The molecule has 23 heavy (non-hydrogen) atoms. The molecule has 0 atom stereocenters. The van der Waals surface area contributed by atoms with Crippen molar-refractivity contribution in [3.05, 3.63) is 46.0 Å². The third-order valence-electron chi connectivity index (χ3n) is 2.61. The van der Waals surface area contributed by atoms with Crippen LogP contribution in [-0.4, -0.2) is 36.5 Å². The molecule has 1 aromatic carbocycles. The number of nitro groups is 1. The molecule has 0 aliphatic heterocycles. The van der Waals surface area contributed by atoms with Crippen molar-refractivity contribution in [2.24, 2.45) is 0 Å². The fourth-order valence-corrected chi connectivity index (χ4v) is 1.57. The van der Waals surface area contributed by atoms with E-state index < -0.39 is 16.8 Å². The molecular formula is C15H19N3O5. The van der Waals surface area contributed by atoms with Gasteiger partial charge in [0.15, 0.2) is 6.61 Å². The Kier molecular flexibility index (Phi) is 7.25. The van der Waals surface area contributed by atoms with Crippen LogP contribution in [-0.2, 0) is 14.3 Å². The maximum absolute atomic E-state index is 11.5. The minimum absolute atomic E-state index is 0.0158. The van der Waals surface area contributed by atoms with Gasteiger partial charge in [-0.15, -0.1) is 0 Å². The van der Waals surface area contributed by atoms with Crippen LogP contribution in [0.15, 0.2) is 35.9 Å². The third-order valence-corrected chi connectivity index (χ3v) is 2.61. The van der Waals surface area contributed by atoms with Crippen molar-refractivity contribution in [2.75, 3.05) is 25.0 Å². The lowest BCUT2D eigenvalue weighted by Crippen LogP contribution is -2.32. The number of carbonyl (C=O) groups is 2. The summed E-state index contributed by atoms with van der Waals surface area (Å²) in [7, 11) is 0. The zero-order valence-corrected chi connectivity index (χ0v) is 13.0. The standard InChI is InChI=1S/C15H19N3O5/c1-11(2)9-15(20)23-10-14(19)17-8-7-16-12-3-5-13(6-4-12)18(21)22/h3-6,9,16H,7-8,10H2,1-2H3,(H,17,19). The first-order chi connectivity index (χ1) is 10.9. The van der Waals surface area contributed by atoms with E-state index >= 15 is 0 Å². The second-order valence-electron chi connectivity index (χ2n) is 4.91. The van der Waals surface area contributed by atoms with Crippen molar-refractivity contribution >= 4 is 23.3 Å². The third kappa shape index (κ3) is 7.60. The average molecular weight is 321 g/mol. The number of carbonyl (C=O) groups excluding carboxylic acids is 2. The summed E-state index contributed by atoms with van der Waals surface area (Å²) in [6.07, 6.45) is 1.31. The second kappa shape index (κ2) is 9.19. The van der Waals surface area contributed by atoms with Gasteiger partial charge in [0.05, 0.1) is 4.92 Å². The molecule has 0 unspecified atom stereocenters. The molecule has 0 heterocycles. The lowest BCUT2D eigenvalue weighted by molar-refractivity contribution is -0.384. The van der Waals surface area contributed by atoms with Crippen LogP contribution in [0.5, 0.6) is 0 Å². The van der Waals surface area contributed by atoms with E-state index in [9.17, 15) is 19.7 Å². The number of benzene rings is 1. The highest BCUT2D eigenvalue weighted by Crippen LogP contribution is 2.14. The number of hydrogen-bond acceptors (Lipinski definition) is 6. The van der Waals surface area contributed by atoms with E-state index in [-0.39, 0.29) is 12.3 Å². The van der Waals surface area contributed by atoms with Crippen molar-refractivity contribution in [1.82, 2.24) is 5.32 Å². The van der Waals surface area contributed by atoms with Crippen LogP contribution in [0.1, 0.15) is 13.8 Å². The van der Waals surface area contributed by atoms with E-state index in [0.29, 0.717) is 18.8 Å². The molecule has 8 heteroatoms. The van der Waals surface area contributed by atoms with Gasteiger partial charge in [-0.1, -0.05) is 5.57 Å². The fourth-order valence-electron chi connectivity index (χ4n) is 1.57. The number of hydrogen-bond donors (Lipinski definition) is 2. The molecule has 2 N–H and O–H groups in total. The molecule has 0 fully saturated rings. The van der Waals surface area contributed by atoms with Crippen LogP contribution in [0.4, 0.5) is 11.4 Å². The predicted molar refractivity (Wildman–Crippen MR) is 85.0 cm³/mol. The number of rotatable bonds is 8. The molecule has 124 valence electrons. The largest absolute Gasteiger partial charge is 0.452 e. The van der Waals surface area contributed by atoms with Gasteiger partial charge in [-0.25, -0.2) is 4.79 Å². The first-order valence-electron chi connectivity index (χ1n) is 6.95. The van der Waals surface area contributed by atoms with E-state index in [0.717, 1.165) is 5.57 Å². The highest BCUT2D eigenvalue weighted by Gasteiger charge is 2.05. The maximum Gasteiger partial charge on any atom is 0.331 e. The Labute approximate surface area is 133 Å². The first-order valence-corrected chi connectivity index (χ1v) is 6.95. The minimum atomic E-state index is -0.552. The van der Waals surface area contributed by atoms with Gasteiger partial charge in [0.25, 0.3) is 11.6 Å². The fraction of sp³-hybridized carbons (Fsp3) is 0.333. The SMILES string of the molecule is CC(C)=CC(=O)OCC(=O)NCCNc1ccc([N+](=O)[O-])cc1. The van der Waals surface area contributed by atoms with Crippen LogP contribution in [0.3, 0.4) is 0 Å². The van der Waals surface area contributed by atoms with Gasteiger partial charge >= 0.3 is 5.97 Å². The maximum atomic E-state index is 11.5. The Morgan fingerprint density at radius 3 is 2.43 bits per heavy atom. The molecule has 0 saturated heterocycles. The highest BCUT2D eigenvalue weighted by molar-refractivity contribution is 5.86. The van der Waals surface area contributed by atoms with Crippen LogP contribution in [0.2, 0.25) is 0 Å². The predicted octanol–water partition coefficient (Wildman–Crippen LogP) is 1.63. The molecule has 1 rings (SSSR count). The smallest absolute Gasteiger partial charge is 0.331 e. The number of nitrogens with one attached hydrogen (secondary N) is 2. The van der Waals surface area contributed by atoms with Gasteiger partial charge in [-0.05, 0) is 26.0 Å². The monoisotopic (exact) mass is 321 g/mol. The van der Waals surface area contributed by atoms with Crippen molar-refractivity contribution < 1.29 is 19.2 Å². The van der Waals surface area contributed by atoms with E-state index in [2.05, 4.69) is 10.6 Å². The van der Waals surface area contributed by atoms with Crippen molar-refractivity contribution in [3.8, 4) is 0 Å². The average Bonchev–Trinajstić information content (AvgIpc) is 2.49. The van der Waals surface area contributed by atoms with E-state index in [1.807, 2.05) is 0 Å². The molecule has 0 aliphatic carbocycles.